The highest BCUT2D eigenvalue weighted by Gasteiger charge is 2.26. The lowest BCUT2D eigenvalue weighted by molar-refractivity contribution is -0.00495. The van der Waals surface area contributed by atoms with Crippen LogP contribution in [-0.4, -0.2) is 21.9 Å². The number of aliphatic hydroxyl groups is 2. The van der Waals surface area contributed by atoms with Crippen LogP contribution in [0.4, 0.5) is 0 Å². The van der Waals surface area contributed by atoms with Crippen molar-refractivity contribution in [1.29, 1.82) is 0 Å². The highest BCUT2D eigenvalue weighted by atomic mass is 16.3. The first kappa shape index (κ1) is 9.40. The van der Waals surface area contributed by atoms with E-state index < -0.39 is 11.7 Å². The average molecular weight is 142 g/mol. The molecule has 0 aliphatic carbocycles. The predicted molar refractivity (Wildman–Crippen MR) is 41.6 cm³/mol. The van der Waals surface area contributed by atoms with Crippen LogP contribution >= 0.6 is 0 Å². The van der Waals surface area contributed by atoms with Gasteiger partial charge in [-0.2, -0.15) is 0 Å². The van der Waals surface area contributed by atoms with Crippen LogP contribution in [0.15, 0.2) is 24.8 Å². The molecule has 0 aromatic heterocycles. The summed E-state index contributed by atoms with van der Waals surface area (Å²) in [5.41, 5.74) is -0.726. The lowest BCUT2D eigenvalue weighted by atomic mass is 9.95. The minimum atomic E-state index is -1.26. The standard InChI is InChI=1S/C8H14O2/c1-5-8(4,10)7(9)6(2)3/h5,7,9-10H,1-2H2,3-4H3. The van der Waals surface area contributed by atoms with Crippen molar-refractivity contribution in [3.8, 4) is 0 Å². The number of hydrogen-bond donors (Lipinski definition) is 2. The van der Waals surface area contributed by atoms with Crippen LogP contribution in [0.3, 0.4) is 0 Å². The number of hydrogen-bond acceptors (Lipinski definition) is 2. The third kappa shape index (κ3) is 1.97. The molecule has 2 N–H and O–H groups in total. The van der Waals surface area contributed by atoms with Gasteiger partial charge in [-0.3, -0.25) is 0 Å². The van der Waals surface area contributed by atoms with Gasteiger partial charge in [0.1, 0.15) is 11.7 Å². The molecule has 2 nitrogen and oxygen atoms in total. The van der Waals surface area contributed by atoms with Crippen molar-refractivity contribution in [3.63, 3.8) is 0 Å². The zero-order chi connectivity index (χ0) is 8.36. The first-order valence-electron chi connectivity index (χ1n) is 3.11. The van der Waals surface area contributed by atoms with Gasteiger partial charge in [-0.15, -0.1) is 6.58 Å². The fraction of sp³-hybridized carbons (Fsp3) is 0.500. The largest absolute Gasteiger partial charge is 0.385 e. The van der Waals surface area contributed by atoms with Crippen LogP contribution in [0.5, 0.6) is 0 Å². The molecule has 0 fully saturated rings. The summed E-state index contributed by atoms with van der Waals surface area (Å²) in [7, 11) is 0. The van der Waals surface area contributed by atoms with E-state index in [1.807, 2.05) is 0 Å². The molecule has 0 bridgehead atoms. The molecule has 0 radical (unpaired) electrons. The highest BCUT2D eigenvalue weighted by molar-refractivity contribution is 5.11. The van der Waals surface area contributed by atoms with Gasteiger partial charge in [0.05, 0.1) is 0 Å². The summed E-state index contributed by atoms with van der Waals surface area (Å²) in [5.74, 6) is 0. The van der Waals surface area contributed by atoms with E-state index in [-0.39, 0.29) is 0 Å². The van der Waals surface area contributed by atoms with E-state index in [4.69, 9.17) is 0 Å². The third-order valence-corrected chi connectivity index (χ3v) is 1.43. The predicted octanol–water partition coefficient (Wildman–Crippen LogP) is 0.860. The van der Waals surface area contributed by atoms with E-state index >= 15 is 0 Å². The van der Waals surface area contributed by atoms with Crippen LogP contribution in [0.25, 0.3) is 0 Å². The Bertz CT molecular complexity index is 147. The SMILES string of the molecule is C=CC(C)(O)C(O)C(=C)C. The minimum Gasteiger partial charge on any atom is -0.385 e. The maximum atomic E-state index is 9.33. The van der Waals surface area contributed by atoms with Gasteiger partial charge in [-0.25, -0.2) is 0 Å². The Morgan fingerprint density at radius 1 is 1.70 bits per heavy atom. The molecule has 0 spiro atoms. The summed E-state index contributed by atoms with van der Waals surface area (Å²) in [6.45, 7) is 10.0. The molecule has 0 aliphatic rings. The molecule has 0 aliphatic heterocycles. The average Bonchev–Trinajstić information content (AvgIpc) is 1.86. The lowest BCUT2D eigenvalue weighted by Crippen LogP contribution is -2.37. The summed E-state index contributed by atoms with van der Waals surface area (Å²) in [6, 6.07) is 0. The Hall–Kier alpha value is -0.600. The maximum Gasteiger partial charge on any atom is 0.109 e. The monoisotopic (exact) mass is 142 g/mol. The second-order valence-electron chi connectivity index (χ2n) is 2.68. The van der Waals surface area contributed by atoms with Gasteiger partial charge in [0.15, 0.2) is 0 Å². The smallest absolute Gasteiger partial charge is 0.109 e. The number of aliphatic hydroxyl groups excluding tert-OH is 1. The normalized spacial score (nSPS) is 19.2. The van der Waals surface area contributed by atoms with Gasteiger partial charge in [0.25, 0.3) is 0 Å². The van der Waals surface area contributed by atoms with Gasteiger partial charge in [0, 0.05) is 0 Å². The Labute approximate surface area is 61.5 Å². The summed E-state index contributed by atoms with van der Waals surface area (Å²) >= 11 is 0. The Balaban J connectivity index is 4.31. The van der Waals surface area contributed by atoms with Crippen LogP contribution in [0.2, 0.25) is 0 Å². The first-order chi connectivity index (χ1) is 4.41. The molecular weight excluding hydrogens is 128 g/mol. The van der Waals surface area contributed by atoms with Crippen molar-refractivity contribution in [3.05, 3.63) is 24.8 Å². The molecule has 2 unspecified atom stereocenters. The summed E-state index contributed by atoms with van der Waals surface area (Å²) in [6.07, 6.45) is 0.372. The van der Waals surface area contributed by atoms with Gasteiger partial charge in [-0.05, 0) is 19.4 Å². The van der Waals surface area contributed by atoms with Crippen LogP contribution in [0, 0.1) is 0 Å². The molecule has 2 atom stereocenters. The van der Waals surface area contributed by atoms with Crippen molar-refractivity contribution in [1.82, 2.24) is 0 Å². The molecular formula is C8H14O2. The van der Waals surface area contributed by atoms with Crippen LogP contribution in [0.1, 0.15) is 13.8 Å². The first-order valence-corrected chi connectivity index (χ1v) is 3.11. The second kappa shape index (κ2) is 2.99. The molecule has 2 heteroatoms. The summed E-state index contributed by atoms with van der Waals surface area (Å²) in [4.78, 5) is 0. The third-order valence-electron chi connectivity index (χ3n) is 1.43. The van der Waals surface area contributed by atoms with Crippen LogP contribution in [-0.2, 0) is 0 Å². The molecule has 58 valence electrons. The Morgan fingerprint density at radius 2 is 2.10 bits per heavy atom. The molecule has 10 heavy (non-hydrogen) atoms. The highest BCUT2D eigenvalue weighted by Crippen LogP contribution is 2.16. The quantitative estimate of drug-likeness (QED) is 0.574. The molecule has 0 aromatic rings. The molecule has 0 amide bonds. The molecule has 0 saturated carbocycles. The topological polar surface area (TPSA) is 40.5 Å². The van der Waals surface area contributed by atoms with Gasteiger partial charge in [0.2, 0.25) is 0 Å². The van der Waals surface area contributed by atoms with Crippen molar-refractivity contribution < 1.29 is 10.2 Å². The zero-order valence-corrected chi connectivity index (χ0v) is 6.46. The van der Waals surface area contributed by atoms with E-state index in [0.717, 1.165) is 0 Å². The lowest BCUT2D eigenvalue weighted by Gasteiger charge is -2.25. The van der Waals surface area contributed by atoms with Gasteiger partial charge >= 0.3 is 0 Å². The van der Waals surface area contributed by atoms with E-state index in [1.165, 1.54) is 13.0 Å². The molecule has 0 heterocycles. The van der Waals surface area contributed by atoms with Gasteiger partial charge < -0.3 is 10.2 Å². The van der Waals surface area contributed by atoms with Crippen molar-refractivity contribution in [2.45, 2.75) is 25.6 Å². The maximum absolute atomic E-state index is 9.33. The molecule has 0 aromatic carbocycles. The summed E-state index contributed by atoms with van der Waals surface area (Å²) in [5, 5.41) is 18.6. The van der Waals surface area contributed by atoms with Crippen LogP contribution < -0.4 is 0 Å². The van der Waals surface area contributed by atoms with Crippen molar-refractivity contribution in [2.75, 3.05) is 0 Å². The van der Waals surface area contributed by atoms with E-state index in [2.05, 4.69) is 13.2 Å². The zero-order valence-electron chi connectivity index (χ0n) is 6.46. The summed E-state index contributed by atoms with van der Waals surface area (Å²) < 4.78 is 0. The minimum absolute atomic E-state index is 0.532. The van der Waals surface area contributed by atoms with E-state index in [0.29, 0.717) is 5.57 Å². The van der Waals surface area contributed by atoms with E-state index in [1.54, 1.807) is 6.92 Å². The second-order valence-corrected chi connectivity index (χ2v) is 2.68. The fourth-order valence-electron chi connectivity index (χ4n) is 0.610. The van der Waals surface area contributed by atoms with E-state index in [9.17, 15) is 10.2 Å². The fourth-order valence-corrected chi connectivity index (χ4v) is 0.610. The Morgan fingerprint density at radius 3 is 2.20 bits per heavy atom. The number of rotatable bonds is 3. The van der Waals surface area contributed by atoms with Crippen molar-refractivity contribution in [2.24, 2.45) is 0 Å². The van der Waals surface area contributed by atoms with Gasteiger partial charge in [-0.1, -0.05) is 12.7 Å². The van der Waals surface area contributed by atoms with Crippen molar-refractivity contribution >= 4 is 0 Å². The molecule has 0 rings (SSSR count). The molecule has 0 saturated heterocycles. The Kier molecular flexibility index (Phi) is 2.81.